The zero-order valence-corrected chi connectivity index (χ0v) is 15.4. The zero-order chi connectivity index (χ0) is 19.5. The number of nitrogens with zero attached hydrogens (tertiary/aromatic N) is 3. The van der Waals surface area contributed by atoms with E-state index in [0.29, 0.717) is 30.8 Å². The van der Waals surface area contributed by atoms with Gasteiger partial charge in [0, 0.05) is 26.1 Å². The van der Waals surface area contributed by atoms with Crippen LogP contribution in [0.4, 0.5) is 4.39 Å². The smallest absolute Gasteiger partial charge is 0.345 e. The number of aryl methyl sites for hydroxylation is 2. The summed E-state index contributed by atoms with van der Waals surface area (Å²) in [6.07, 6.45) is 3.47. The highest BCUT2D eigenvalue weighted by Crippen LogP contribution is 2.24. The molecule has 2 aromatic heterocycles. The van der Waals surface area contributed by atoms with Gasteiger partial charge in [-0.15, -0.1) is 0 Å². The average molecular weight is 384 g/mol. The third kappa shape index (κ3) is 3.62. The number of hydrogen-bond acceptors (Lipinski definition) is 4. The SMILES string of the molecule is O=C(NCCCn1nc2n(c1=O)CCCC2)c1ccc(-c2ccccc2F)o1. The Balaban J connectivity index is 1.31. The minimum atomic E-state index is -0.406. The maximum Gasteiger partial charge on any atom is 0.345 e. The van der Waals surface area contributed by atoms with Crippen molar-refractivity contribution in [2.24, 2.45) is 0 Å². The molecule has 0 atom stereocenters. The van der Waals surface area contributed by atoms with Crippen molar-refractivity contribution in [2.75, 3.05) is 6.54 Å². The second kappa shape index (κ2) is 7.84. The van der Waals surface area contributed by atoms with Gasteiger partial charge in [0.25, 0.3) is 5.91 Å². The number of furan rings is 1. The Hall–Kier alpha value is -3.16. The Morgan fingerprint density at radius 3 is 2.89 bits per heavy atom. The van der Waals surface area contributed by atoms with Crippen molar-refractivity contribution >= 4 is 5.91 Å². The third-order valence-electron chi connectivity index (χ3n) is 4.83. The van der Waals surface area contributed by atoms with E-state index >= 15 is 0 Å². The predicted molar refractivity (Wildman–Crippen MR) is 100 cm³/mol. The minimum absolute atomic E-state index is 0.0819. The van der Waals surface area contributed by atoms with E-state index in [1.807, 2.05) is 0 Å². The molecular formula is C20H21FN4O3. The monoisotopic (exact) mass is 384 g/mol. The van der Waals surface area contributed by atoms with Crippen LogP contribution in [-0.2, 0) is 19.5 Å². The van der Waals surface area contributed by atoms with E-state index in [2.05, 4.69) is 10.4 Å². The van der Waals surface area contributed by atoms with Crippen molar-refractivity contribution < 1.29 is 13.6 Å². The molecule has 28 heavy (non-hydrogen) atoms. The van der Waals surface area contributed by atoms with E-state index in [1.165, 1.54) is 16.8 Å². The summed E-state index contributed by atoms with van der Waals surface area (Å²) >= 11 is 0. The largest absolute Gasteiger partial charge is 0.451 e. The summed E-state index contributed by atoms with van der Waals surface area (Å²) in [6.45, 7) is 1.55. The number of hydrogen-bond donors (Lipinski definition) is 1. The Morgan fingerprint density at radius 1 is 1.21 bits per heavy atom. The van der Waals surface area contributed by atoms with Crippen LogP contribution in [0.15, 0.2) is 45.6 Å². The fourth-order valence-electron chi connectivity index (χ4n) is 3.38. The molecule has 1 N–H and O–H groups in total. The van der Waals surface area contributed by atoms with Crippen LogP contribution < -0.4 is 11.0 Å². The van der Waals surface area contributed by atoms with Gasteiger partial charge >= 0.3 is 5.69 Å². The molecular weight excluding hydrogens is 363 g/mol. The molecule has 0 aliphatic carbocycles. The van der Waals surface area contributed by atoms with Gasteiger partial charge in [-0.05, 0) is 43.5 Å². The number of aromatic nitrogens is 3. The maximum absolute atomic E-state index is 13.8. The summed E-state index contributed by atoms with van der Waals surface area (Å²) in [4.78, 5) is 24.5. The molecule has 146 valence electrons. The Morgan fingerprint density at radius 2 is 2.07 bits per heavy atom. The molecule has 0 unspecified atom stereocenters. The van der Waals surface area contributed by atoms with Crippen molar-refractivity contribution in [3.05, 3.63) is 64.3 Å². The lowest BCUT2D eigenvalue weighted by Gasteiger charge is -2.09. The molecule has 3 heterocycles. The van der Waals surface area contributed by atoms with Crippen molar-refractivity contribution in [2.45, 2.75) is 38.8 Å². The average Bonchev–Trinajstić information content (AvgIpc) is 3.31. The van der Waals surface area contributed by atoms with Gasteiger partial charge in [-0.3, -0.25) is 9.36 Å². The van der Waals surface area contributed by atoms with Crippen molar-refractivity contribution in [1.29, 1.82) is 0 Å². The van der Waals surface area contributed by atoms with Crippen LogP contribution in [0.5, 0.6) is 0 Å². The van der Waals surface area contributed by atoms with E-state index in [0.717, 1.165) is 31.6 Å². The summed E-state index contributed by atoms with van der Waals surface area (Å²) in [7, 11) is 0. The summed E-state index contributed by atoms with van der Waals surface area (Å²) in [5.74, 6) is 0.485. The molecule has 1 amide bonds. The molecule has 0 fully saturated rings. The van der Waals surface area contributed by atoms with Crippen molar-refractivity contribution in [1.82, 2.24) is 19.7 Å². The highest BCUT2D eigenvalue weighted by Gasteiger charge is 2.17. The van der Waals surface area contributed by atoms with Gasteiger partial charge < -0.3 is 9.73 Å². The van der Waals surface area contributed by atoms with Gasteiger partial charge in [-0.1, -0.05) is 12.1 Å². The Kier molecular flexibility index (Phi) is 5.10. The molecule has 1 aromatic carbocycles. The molecule has 1 aliphatic rings. The maximum atomic E-state index is 13.8. The van der Waals surface area contributed by atoms with Gasteiger partial charge in [0.1, 0.15) is 17.4 Å². The summed E-state index contributed by atoms with van der Waals surface area (Å²) in [5, 5.41) is 7.12. The molecule has 0 saturated heterocycles. The number of benzene rings is 1. The van der Waals surface area contributed by atoms with Gasteiger partial charge in [0.15, 0.2) is 5.76 Å². The van der Waals surface area contributed by atoms with E-state index in [1.54, 1.807) is 28.8 Å². The summed E-state index contributed by atoms with van der Waals surface area (Å²) in [5.41, 5.74) is 0.228. The number of rotatable bonds is 6. The van der Waals surface area contributed by atoms with Gasteiger partial charge in [0.2, 0.25) is 0 Å². The third-order valence-corrected chi connectivity index (χ3v) is 4.83. The Bertz CT molecular complexity index is 1050. The van der Waals surface area contributed by atoms with Crippen LogP contribution in [0.1, 0.15) is 35.6 Å². The second-order valence-corrected chi connectivity index (χ2v) is 6.78. The van der Waals surface area contributed by atoms with E-state index in [4.69, 9.17) is 4.42 Å². The first-order valence-corrected chi connectivity index (χ1v) is 9.43. The second-order valence-electron chi connectivity index (χ2n) is 6.78. The first-order valence-electron chi connectivity index (χ1n) is 9.43. The lowest BCUT2D eigenvalue weighted by Crippen LogP contribution is -2.29. The lowest BCUT2D eigenvalue weighted by molar-refractivity contribution is 0.0925. The lowest BCUT2D eigenvalue weighted by atomic mass is 10.1. The van der Waals surface area contributed by atoms with Crippen LogP contribution in [0.3, 0.4) is 0 Å². The normalized spacial score (nSPS) is 13.3. The van der Waals surface area contributed by atoms with Crippen LogP contribution in [0, 0.1) is 5.82 Å². The molecule has 0 radical (unpaired) electrons. The first kappa shape index (κ1) is 18.2. The van der Waals surface area contributed by atoms with Gasteiger partial charge in [-0.2, -0.15) is 5.10 Å². The quantitative estimate of drug-likeness (QED) is 0.663. The van der Waals surface area contributed by atoms with E-state index < -0.39 is 5.82 Å². The number of carbonyl (C=O) groups is 1. The number of carbonyl (C=O) groups excluding carboxylic acids is 1. The number of fused-ring (bicyclic) bond motifs is 1. The van der Waals surface area contributed by atoms with Gasteiger partial charge in [0.05, 0.1) is 5.56 Å². The molecule has 0 bridgehead atoms. The first-order chi connectivity index (χ1) is 13.6. The minimum Gasteiger partial charge on any atom is -0.451 e. The van der Waals surface area contributed by atoms with Gasteiger partial charge in [-0.25, -0.2) is 13.9 Å². The molecule has 0 spiro atoms. The molecule has 3 aromatic rings. The summed E-state index contributed by atoms with van der Waals surface area (Å²) in [6, 6.07) is 9.33. The fourth-order valence-corrected chi connectivity index (χ4v) is 3.38. The Labute approximate surface area is 160 Å². The van der Waals surface area contributed by atoms with E-state index in [9.17, 15) is 14.0 Å². The van der Waals surface area contributed by atoms with Crippen LogP contribution >= 0.6 is 0 Å². The van der Waals surface area contributed by atoms with Crippen LogP contribution in [0.25, 0.3) is 11.3 Å². The van der Waals surface area contributed by atoms with Crippen LogP contribution in [-0.4, -0.2) is 26.8 Å². The molecule has 8 heteroatoms. The highest BCUT2D eigenvalue weighted by atomic mass is 19.1. The molecule has 7 nitrogen and oxygen atoms in total. The van der Waals surface area contributed by atoms with Crippen molar-refractivity contribution in [3.63, 3.8) is 0 Å². The summed E-state index contributed by atoms with van der Waals surface area (Å²) < 4.78 is 22.5. The van der Waals surface area contributed by atoms with Crippen molar-refractivity contribution in [3.8, 4) is 11.3 Å². The van der Waals surface area contributed by atoms with Crippen LogP contribution in [0.2, 0.25) is 0 Å². The van der Waals surface area contributed by atoms with E-state index in [-0.39, 0.29) is 17.4 Å². The number of halogens is 1. The molecule has 0 saturated carbocycles. The number of amides is 1. The fraction of sp³-hybridized carbons (Fsp3) is 0.350. The standard InChI is InChI=1S/C20H21FN4O3/c21-15-7-2-1-6-14(15)16-9-10-17(28-16)19(26)22-11-5-13-25-20(27)24-12-4-3-8-18(24)23-25/h1-2,6-7,9-10H,3-5,8,11-13H2,(H,22,26). The predicted octanol–water partition coefficient (Wildman–Crippen LogP) is 2.60. The zero-order valence-electron chi connectivity index (χ0n) is 15.4. The molecule has 1 aliphatic heterocycles. The number of nitrogens with one attached hydrogen (secondary N) is 1. The molecule has 4 rings (SSSR count). The highest BCUT2D eigenvalue weighted by molar-refractivity contribution is 5.92. The topological polar surface area (TPSA) is 82.1 Å².